The molecule has 132 valence electrons. The van der Waals surface area contributed by atoms with E-state index in [1.54, 1.807) is 0 Å². The fourth-order valence-corrected chi connectivity index (χ4v) is 3.82. The Labute approximate surface area is 154 Å². The number of piperazine rings is 1. The van der Waals surface area contributed by atoms with Gasteiger partial charge in [-0.15, -0.1) is 0 Å². The van der Waals surface area contributed by atoms with Crippen LogP contribution in [0, 0.1) is 5.92 Å². The lowest BCUT2D eigenvalue weighted by Gasteiger charge is -2.37. The second-order valence-electron chi connectivity index (χ2n) is 6.69. The Morgan fingerprint density at radius 1 is 1.08 bits per heavy atom. The standard InChI is InChI=1S/C18H25Cl2N3O/c19-16-2-1-14(13-17(16)20)5-8-22-9-11-23(12-10-22)18(24)15-3-6-21-7-4-15/h1-2,13,15,21H,3-12H2. The summed E-state index contributed by atoms with van der Waals surface area (Å²) >= 11 is 12.0. The molecule has 24 heavy (non-hydrogen) atoms. The van der Waals surface area contributed by atoms with Crippen molar-refractivity contribution >= 4 is 29.1 Å². The number of nitrogens with one attached hydrogen (secondary N) is 1. The van der Waals surface area contributed by atoms with Gasteiger partial charge in [-0.1, -0.05) is 29.3 Å². The van der Waals surface area contributed by atoms with Gasteiger partial charge in [0.1, 0.15) is 0 Å². The summed E-state index contributed by atoms with van der Waals surface area (Å²) in [6.45, 7) is 6.55. The second-order valence-corrected chi connectivity index (χ2v) is 7.50. The summed E-state index contributed by atoms with van der Waals surface area (Å²) in [5, 5.41) is 4.54. The normalized spacial score (nSPS) is 20.3. The van der Waals surface area contributed by atoms with Crippen molar-refractivity contribution in [1.82, 2.24) is 15.1 Å². The van der Waals surface area contributed by atoms with Crippen LogP contribution in [0.1, 0.15) is 18.4 Å². The van der Waals surface area contributed by atoms with Gasteiger partial charge in [0, 0.05) is 38.6 Å². The first-order valence-corrected chi connectivity index (χ1v) is 9.55. The third kappa shape index (κ3) is 4.63. The van der Waals surface area contributed by atoms with Crippen molar-refractivity contribution in [3.05, 3.63) is 33.8 Å². The SMILES string of the molecule is O=C(C1CCNCC1)N1CCN(CCc2ccc(Cl)c(Cl)c2)CC1. The van der Waals surface area contributed by atoms with Gasteiger partial charge in [-0.25, -0.2) is 0 Å². The van der Waals surface area contributed by atoms with E-state index < -0.39 is 0 Å². The molecule has 2 fully saturated rings. The first kappa shape index (κ1) is 18.0. The number of piperidine rings is 1. The molecule has 0 aliphatic carbocycles. The van der Waals surface area contributed by atoms with Crippen molar-refractivity contribution in [2.75, 3.05) is 45.8 Å². The molecule has 4 nitrogen and oxygen atoms in total. The maximum absolute atomic E-state index is 12.6. The average Bonchev–Trinajstić information content (AvgIpc) is 2.63. The van der Waals surface area contributed by atoms with Gasteiger partial charge >= 0.3 is 0 Å². The molecular formula is C18H25Cl2N3O. The number of nitrogens with zero attached hydrogens (tertiary/aromatic N) is 2. The minimum atomic E-state index is 0.231. The van der Waals surface area contributed by atoms with Crippen LogP contribution in [0.2, 0.25) is 10.0 Å². The van der Waals surface area contributed by atoms with Gasteiger partial charge in [0.2, 0.25) is 5.91 Å². The molecule has 0 aromatic heterocycles. The Morgan fingerprint density at radius 2 is 1.79 bits per heavy atom. The Balaban J connectivity index is 1.43. The van der Waals surface area contributed by atoms with Gasteiger partial charge in [-0.3, -0.25) is 9.69 Å². The fourth-order valence-electron chi connectivity index (χ4n) is 3.50. The molecule has 2 heterocycles. The number of carbonyl (C=O) groups excluding carboxylic acids is 1. The first-order chi connectivity index (χ1) is 11.6. The summed E-state index contributed by atoms with van der Waals surface area (Å²) in [5.74, 6) is 0.592. The third-order valence-electron chi connectivity index (χ3n) is 5.07. The van der Waals surface area contributed by atoms with E-state index in [9.17, 15) is 4.79 Å². The van der Waals surface area contributed by atoms with Crippen LogP contribution in [0.5, 0.6) is 0 Å². The summed E-state index contributed by atoms with van der Waals surface area (Å²) in [4.78, 5) is 17.0. The monoisotopic (exact) mass is 369 g/mol. The lowest BCUT2D eigenvalue weighted by Crippen LogP contribution is -2.51. The Morgan fingerprint density at radius 3 is 2.46 bits per heavy atom. The summed E-state index contributed by atoms with van der Waals surface area (Å²) in [5.41, 5.74) is 1.21. The van der Waals surface area contributed by atoms with Gasteiger partial charge in [0.25, 0.3) is 0 Å². The number of rotatable bonds is 4. The van der Waals surface area contributed by atoms with E-state index in [4.69, 9.17) is 23.2 Å². The summed E-state index contributed by atoms with van der Waals surface area (Å²) in [6.07, 6.45) is 2.92. The lowest BCUT2D eigenvalue weighted by atomic mass is 9.96. The molecule has 1 N–H and O–H groups in total. The molecule has 1 aromatic carbocycles. The van der Waals surface area contributed by atoms with Crippen molar-refractivity contribution in [2.24, 2.45) is 5.92 Å². The molecule has 1 aromatic rings. The topological polar surface area (TPSA) is 35.6 Å². The van der Waals surface area contributed by atoms with Crippen LogP contribution < -0.4 is 5.32 Å². The van der Waals surface area contributed by atoms with E-state index in [0.29, 0.717) is 16.0 Å². The number of carbonyl (C=O) groups is 1. The Bertz CT molecular complexity index is 567. The smallest absolute Gasteiger partial charge is 0.225 e. The van der Waals surface area contributed by atoms with Gasteiger partial charge in [-0.05, 0) is 50.0 Å². The zero-order valence-corrected chi connectivity index (χ0v) is 15.5. The fraction of sp³-hybridized carbons (Fsp3) is 0.611. The summed E-state index contributed by atoms with van der Waals surface area (Å²) in [6, 6.07) is 5.83. The number of halogens is 2. The van der Waals surface area contributed by atoms with Gasteiger partial charge in [0.15, 0.2) is 0 Å². The molecule has 0 spiro atoms. The molecule has 6 heteroatoms. The van der Waals surface area contributed by atoms with Crippen LogP contribution in [0.15, 0.2) is 18.2 Å². The predicted octanol–water partition coefficient (Wildman–Crippen LogP) is 2.68. The van der Waals surface area contributed by atoms with Crippen molar-refractivity contribution in [2.45, 2.75) is 19.3 Å². The van der Waals surface area contributed by atoms with Crippen molar-refractivity contribution < 1.29 is 4.79 Å². The van der Waals surface area contributed by atoms with E-state index in [1.807, 2.05) is 18.2 Å². The number of hydrogen-bond donors (Lipinski definition) is 1. The Kier molecular flexibility index (Phi) is 6.39. The van der Waals surface area contributed by atoms with E-state index in [2.05, 4.69) is 15.1 Å². The molecular weight excluding hydrogens is 345 g/mol. The maximum atomic E-state index is 12.6. The van der Waals surface area contributed by atoms with E-state index >= 15 is 0 Å². The third-order valence-corrected chi connectivity index (χ3v) is 5.81. The molecule has 0 atom stereocenters. The van der Waals surface area contributed by atoms with Crippen LogP contribution in [0.4, 0.5) is 0 Å². The van der Waals surface area contributed by atoms with E-state index in [0.717, 1.165) is 65.1 Å². The van der Waals surface area contributed by atoms with Gasteiger partial charge < -0.3 is 10.2 Å². The summed E-state index contributed by atoms with van der Waals surface area (Å²) in [7, 11) is 0. The highest BCUT2D eigenvalue weighted by Crippen LogP contribution is 2.23. The lowest BCUT2D eigenvalue weighted by molar-refractivity contribution is -0.138. The Hall–Kier alpha value is -0.810. The molecule has 0 radical (unpaired) electrons. The van der Waals surface area contributed by atoms with E-state index in [-0.39, 0.29) is 5.92 Å². The average molecular weight is 370 g/mol. The number of benzene rings is 1. The quantitative estimate of drug-likeness (QED) is 0.885. The largest absolute Gasteiger partial charge is 0.340 e. The first-order valence-electron chi connectivity index (χ1n) is 8.79. The zero-order chi connectivity index (χ0) is 16.9. The van der Waals surface area contributed by atoms with Crippen molar-refractivity contribution in [3.8, 4) is 0 Å². The highest BCUT2D eigenvalue weighted by atomic mass is 35.5. The molecule has 1 amide bonds. The zero-order valence-electron chi connectivity index (χ0n) is 13.9. The van der Waals surface area contributed by atoms with Crippen molar-refractivity contribution in [1.29, 1.82) is 0 Å². The second kappa shape index (κ2) is 8.52. The number of amides is 1. The van der Waals surface area contributed by atoms with Crippen molar-refractivity contribution in [3.63, 3.8) is 0 Å². The predicted molar refractivity (Wildman–Crippen MR) is 98.8 cm³/mol. The molecule has 2 aliphatic heterocycles. The maximum Gasteiger partial charge on any atom is 0.225 e. The van der Waals surface area contributed by atoms with Gasteiger partial charge in [0.05, 0.1) is 10.0 Å². The van der Waals surface area contributed by atoms with Crippen LogP contribution in [-0.2, 0) is 11.2 Å². The van der Waals surface area contributed by atoms with Crippen LogP contribution in [0.25, 0.3) is 0 Å². The molecule has 0 unspecified atom stereocenters. The van der Waals surface area contributed by atoms with Crippen LogP contribution in [0.3, 0.4) is 0 Å². The molecule has 2 aliphatic rings. The highest BCUT2D eigenvalue weighted by Gasteiger charge is 2.28. The molecule has 0 saturated carbocycles. The van der Waals surface area contributed by atoms with E-state index in [1.165, 1.54) is 5.56 Å². The van der Waals surface area contributed by atoms with Crippen LogP contribution in [-0.4, -0.2) is 61.5 Å². The summed E-state index contributed by atoms with van der Waals surface area (Å²) < 4.78 is 0. The minimum Gasteiger partial charge on any atom is -0.340 e. The molecule has 2 saturated heterocycles. The molecule has 0 bridgehead atoms. The number of hydrogen-bond acceptors (Lipinski definition) is 3. The minimum absolute atomic E-state index is 0.231. The molecule has 3 rings (SSSR count). The van der Waals surface area contributed by atoms with Gasteiger partial charge in [-0.2, -0.15) is 0 Å². The highest BCUT2D eigenvalue weighted by molar-refractivity contribution is 6.42. The van der Waals surface area contributed by atoms with Crippen LogP contribution >= 0.6 is 23.2 Å².